The van der Waals surface area contributed by atoms with Crippen LogP contribution in [0.2, 0.25) is 0 Å². The van der Waals surface area contributed by atoms with E-state index in [9.17, 15) is 5.11 Å². The molecule has 0 unspecified atom stereocenters. The summed E-state index contributed by atoms with van der Waals surface area (Å²) in [6.45, 7) is 2.08. The Bertz CT molecular complexity index is 546. The van der Waals surface area contributed by atoms with Gasteiger partial charge in [0.05, 0.1) is 11.4 Å². The van der Waals surface area contributed by atoms with Gasteiger partial charge in [-0.3, -0.25) is 0 Å². The average molecular weight is 248 g/mol. The van der Waals surface area contributed by atoms with Crippen LogP contribution in [0.3, 0.4) is 0 Å². The normalized spacial score (nSPS) is 10.5. The van der Waals surface area contributed by atoms with Crippen LogP contribution in [0.1, 0.15) is 4.88 Å². The molecule has 0 aliphatic rings. The number of hydrogen-bond donors (Lipinski definition) is 2. The van der Waals surface area contributed by atoms with Crippen molar-refractivity contribution in [2.45, 2.75) is 6.92 Å². The fraction of sp³-hybridized carbons (Fsp3) is 0.231. The Morgan fingerprint density at radius 1 is 1.29 bits per heavy atom. The number of aromatic hydroxyl groups is 1. The van der Waals surface area contributed by atoms with Crippen LogP contribution in [0, 0.1) is 6.92 Å². The minimum absolute atomic E-state index is 0.137. The van der Waals surface area contributed by atoms with Crippen molar-refractivity contribution < 1.29 is 5.11 Å². The lowest BCUT2D eigenvalue weighted by Crippen LogP contribution is -2.08. The Balaban J connectivity index is 2.59. The first-order valence-electron chi connectivity index (χ1n) is 5.35. The number of benzene rings is 1. The molecule has 3 nitrogen and oxygen atoms in total. The number of nitrogens with two attached hydrogens (primary N) is 1. The van der Waals surface area contributed by atoms with E-state index in [0.717, 1.165) is 16.8 Å². The number of anilines is 2. The molecule has 0 saturated carbocycles. The summed E-state index contributed by atoms with van der Waals surface area (Å²) in [5.74, 6) is 0.137. The van der Waals surface area contributed by atoms with Crippen LogP contribution in [0.5, 0.6) is 5.75 Å². The third-order valence-corrected chi connectivity index (χ3v) is 3.66. The summed E-state index contributed by atoms with van der Waals surface area (Å²) < 4.78 is 0. The molecule has 0 fully saturated rings. The highest BCUT2D eigenvalue weighted by molar-refractivity contribution is 7.11. The number of thiophene rings is 1. The largest absolute Gasteiger partial charge is 0.506 e. The van der Waals surface area contributed by atoms with Gasteiger partial charge in [0.25, 0.3) is 0 Å². The van der Waals surface area contributed by atoms with Crippen LogP contribution < -0.4 is 10.6 Å². The van der Waals surface area contributed by atoms with E-state index >= 15 is 0 Å². The molecule has 0 aliphatic carbocycles. The van der Waals surface area contributed by atoms with Crippen molar-refractivity contribution in [3.05, 3.63) is 28.5 Å². The summed E-state index contributed by atoms with van der Waals surface area (Å²) in [6, 6.07) is 5.40. The van der Waals surface area contributed by atoms with Crippen molar-refractivity contribution in [3.8, 4) is 16.9 Å². The summed E-state index contributed by atoms with van der Waals surface area (Å²) in [5, 5.41) is 11.8. The zero-order valence-electron chi connectivity index (χ0n) is 10.2. The van der Waals surface area contributed by atoms with Gasteiger partial charge in [-0.2, -0.15) is 0 Å². The third-order valence-electron chi connectivity index (χ3n) is 2.76. The Hall–Kier alpha value is -1.68. The molecular weight excluding hydrogens is 232 g/mol. The first kappa shape index (κ1) is 11.8. The third kappa shape index (κ3) is 2.08. The quantitative estimate of drug-likeness (QED) is 0.634. The number of nitrogens with zero attached hydrogens (tertiary/aromatic N) is 1. The van der Waals surface area contributed by atoms with Crippen LogP contribution in [0.4, 0.5) is 11.4 Å². The molecule has 17 heavy (non-hydrogen) atoms. The highest BCUT2D eigenvalue weighted by Gasteiger charge is 2.13. The van der Waals surface area contributed by atoms with E-state index in [0.29, 0.717) is 5.69 Å². The van der Waals surface area contributed by atoms with Gasteiger partial charge in [-0.1, -0.05) is 6.07 Å². The summed E-state index contributed by atoms with van der Waals surface area (Å²) in [4.78, 5) is 3.31. The van der Waals surface area contributed by atoms with Gasteiger partial charge in [-0.15, -0.1) is 11.3 Å². The standard InChI is InChI=1S/C13H16N2OS/c1-8-13(11(7-17-8)15(2)3)9-4-5-10(14)12(16)6-9/h4-7,16H,14H2,1-3H3. The lowest BCUT2D eigenvalue weighted by Gasteiger charge is -2.14. The van der Waals surface area contributed by atoms with E-state index in [1.807, 2.05) is 20.2 Å². The minimum Gasteiger partial charge on any atom is -0.506 e. The van der Waals surface area contributed by atoms with E-state index < -0.39 is 0 Å². The van der Waals surface area contributed by atoms with Gasteiger partial charge < -0.3 is 15.7 Å². The molecule has 90 valence electrons. The molecule has 0 amide bonds. The molecule has 1 aromatic heterocycles. The smallest absolute Gasteiger partial charge is 0.139 e. The van der Waals surface area contributed by atoms with Crippen molar-refractivity contribution in [1.82, 2.24) is 0 Å². The van der Waals surface area contributed by atoms with Crippen molar-refractivity contribution in [3.63, 3.8) is 0 Å². The second kappa shape index (κ2) is 4.30. The number of hydrogen-bond acceptors (Lipinski definition) is 4. The van der Waals surface area contributed by atoms with Gasteiger partial charge in [0, 0.05) is 29.9 Å². The van der Waals surface area contributed by atoms with Crippen molar-refractivity contribution >= 4 is 22.7 Å². The average Bonchev–Trinajstić information content (AvgIpc) is 2.64. The first-order chi connectivity index (χ1) is 8.00. The maximum atomic E-state index is 9.68. The van der Waals surface area contributed by atoms with Gasteiger partial charge in [0.1, 0.15) is 5.75 Å². The lowest BCUT2D eigenvalue weighted by molar-refractivity contribution is 0.478. The lowest BCUT2D eigenvalue weighted by atomic mass is 10.0. The molecule has 0 aliphatic heterocycles. The molecule has 0 radical (unpaired) electrons. The van der Waals surface area contributed by atoms with Crippen LogP contribution in [-0.4, -0.2) is 19.2 Å². The molecule has 0 spiro atoms. The number of phenolic OH excluding ortho intramolecular Hbond substituents is 1. The molecule has 4 heteroatoms. The molecule has 0 bridgehead atoms. The number of phenols is 1. The Morgan fingerprint density at radius 2 is 2.00 bits per heavy atom. The Labute approximate surface area is 105 Å². The summed E-state index contributed by atoms with van der Waals surface area (Å²) >= 11 is 1.71. The summed E-state index contributed by atoms with van der Waals surface area (Å²) in [5.41, 5.74) is 9.36. The minimum atomic E-state index is 0.137. The molecule has 3 N–H and O–H groups in total. The van der Waals surface area contributed by atoms with Crippen LogP contribution in [-0.2, 0) is 0 Å². The fourth-order valence-electron chi connectivity index (χ4n) is 1.82. The SMILES string of the molecule is Cc1scc(N(C)C)c1-c1ccc(N)c(O)c1. The predicted molar refractivity (Wildman–Crippen MR) is 74.9 cm³/mol. The van der Waals surface area contributed by atoms with E-state index in [1.165, 1.54) is 4.88 Å². The van der Waals surface area contributed by atoms with Crippen LogP contribution in [0.25, 0.3) is 11.1 Å². The van der Waals surface area contributed by atoms with E-state index in [-0.39, 0.29) is 5.75 Å². The molecular formula is C13H16N2OS. The maximum Gasteiger partial charge on any atom is 0.139 e. The molecule has 1 aromatic carbocycles. The predicted octanol–water partition coefficient (Wildman–Crippen LogP) is 3.08. The van der Waals surface area contributed by atoms with Crippen molar-refractivity contribution in [1.29, 1.82) is 0 Å². The number of nitrogen functional groups attached to an aromatic ring is 1. The van der Waals surface area contributed by atoms with Gasteiger partial charge in [0.15, 0.2) is 0 Å². The molecule has 1 heterocycles. The van der Waals surface area contributed by atoms with E-state index in [2.05, 4.69) is 17.2 Å². The monoisotopic (exact) mass is 248 g/mol. The first-order valence-corrected chi connectivity index (χ1v) is 6.23. The second-order valence-electron chi connectivity index (χ2n) is 4.22. The molecule has 0 saturated heterocycles. The van der Waals surface area contributed by atoms with Crippen molar-refractivity contribution in [2.24, 2.45) is 0 Å². The van der Waals surface area contributed by atoms with Crippen LogP contribution >= 0.6 is 11.3 Å². The van der Waals surface area contributed by atoms with Gasteiger partial charge in [-0.05, 0) is 24.6 Å². The summed E-state index contributed by atoms with van der Waals surface area (Å²) in [6.07, 6.45) is 0. The Morgan fingerprint density at radius 3 is 2.59 bits per heavy atom. The zero-order valence-corrected chi connectivity index (χ0v) is 11.0. The van der Waals surface area contributed by atoms with Gasteiger partial charge in [-0.25, -0.2) is 0 Å². The molecule has 0 atom stereocenters. The highest BCUT2D eigenvalue weighted by atomic mass is 32.1. The van der Waals surface area contributed by atoms with E-state index in [1.54, 1.807) is 23.5 Å². The molecule has 2 rings (SSSR count). The topological polar surface area (TPSA) is 49.5 Å². The Kier molecular flexibility index (Phi) is 2.98. The maximum absolute atomic E-state index is 9.68. The van der Waals surface area contributed by atoms with Gasteiger partial charge >= 0.3 is 0 Å². The van der Waals surface area contributed by atoms with Crippen molar-refractivity contribution in [2.75, 3.05) is 24.7 Å². The number of aryl methyl sites for hydroxylation is 1. The fourth-order valence-corrected chi connectivity index (χ4v) is 2.78. The van der Waals surface area contributed by atoms with Gasteiger partial charge in [0.2, 0.25) is 0 Å². The van der Waals surface area contributed by atoms with Crippen LogP contribution in [0.15, 0.2) is 23.6 Å². The zero-order chi connectivity index (χ0) is 12.6. The highest BCUT2D eigenvalue weighted by Crippen LogP contribution is 2.39. The second-order valence-corrected chi connectivity index (χ2v) is 5.30. The van der Waals surface area contributed by atoms with E-state index in [4.69, 9.17) is 5.73 Å². The number of rotatable bonds is 2. The summed E-state index contributed by atoms with van der Waals surface area (Å²) in [7, 11) is 4.03. The molecule has 2 aromatic rings.